The Labute approximate surface area is 348 Å². The Morgan fingerprint density at radius 3 is 1.71 bits per heavy atom. The number of likely N-dealkylation sites (tertiary alicyclic amines) is 1. The van der Waals surface area contributed by atoms with Gasteiger partial charge in [-0.1, -0.05) is 155 Å². The van der Waals surface area contributed by atoms with E-state index in [0.717, 1.165) is 101 Å². The zero-order chi connectivity index (χ0) is 41.0. The van der Waals surface area contributed by atoms with Crippen molar-refractivity contribution in [3.63, 3.8) is 0 Å². The molecule has 1 rings (SSSR count). The molecule has 2 atom stereocenters. The first-order valence-corrected chi connectivity index (χ1v) is 24.6. The third kappa shape index (κ3) is 24.3. The molecule has 0 aromatic heterocycles. The van der Waals surface area contributed by atoms with Gasteiger partial charge in [0.2, 0.25) is 0 Å². The van der Waals surface area contributed by atoms with Crippen molar-refractivity contribution in [1.29, 1.82) is 0 Å². The number of piperidine rings is 1. The summed E-state index contributed by atoms with van der Waals surface area (Å²) in [6.07, 6.45) is 38.8. The smallest absolute Gasteiger partial charge is 0.308 e. The summed E-state index contributed by atoms with van der Waals surface area (Å²) >= 11 is 0. The Morgan fingerprint density at radius 2 is 1.18 bits per heavy atom. The van der Waals surface area contributed by atoms with E-state index in [1.165, 1.54) is 122 Å². The van der Waals surface area contributed by atoms with Crippen molar-refractivity contribution in [3.05, 3.63) is 17.9 Å². The van der Waals surface area contributed by atoms with E-state index in [2.05, 4.69) is 52.7 Å². The third-order valence-corrected chi connectivity index (χ3v) is 13.2. The number of aliphatic hydroxyl groups is 1. The van der Waals surface area contributed by atoms with Gasteiger partial charge in [0, 0.05) is 25.4 Å². The van der Waals surface area contributed by atoms with Crippen LogP contribution in [0, 0.1) is 17.3 Å². The maximum absolute atomic E-state index is 13.4. The first kappa shape index (κ1) is 52.4. The Bertz CT molecular complexity index is 995. The summed E-state index contributed by atoms with van der Waals surface area (Å²) in [4.78, 5) is 25.7. The average Bonchev–Trinajstić information content (AvgIpc) is 3.21. The van der Waals surface area contributed by atoms with Crippen LogP contribution in [0.5, 0.6) is 0 Å². The van der Waals surface area contributed by atoms with E-state index in [-0.39, 0.29) is 29.8 Å². The fourth-order valence-corrected chi connectivity index (χ4v) is 9.06. The molecule has 56 heavy (non-hydrogen) atoms. The van der Waals surface area contributed by atoms with Crippen molar-refractivity contribution in [3.8, 4) is 0 Å². The highest BCUT2D eigenvalue weighted by molar-refractivity contribution is 5.72. The Hall–Kier alpha value is -1.62. The number of carbonyl (C=O) groups is 1. The normalized spacial score (nSPS) is 19.5. The molecule has 1 fully saturated rings. The molecule has 0 aromatic carbocycles. The van der Waals surface area contributed by atoms with Crippen LogP contribution in [0.2, 0.25) is 0 Å². The molecule has 1 heterocycles. The van der Waals surface area contributed by atoms with E-state index in [9.17, 15) is 14.7 Å². The molecule has 0 spiro atoms. The van der Waals surface area contributed by atoms with Crippen LogP contribution in [-0.4, -0.2) is 67.5 Å². The van der Waals surface area contributed by atoms with Gasteiger partial charge in [-0.3, -0.25) is 4.79 Å². The van der Waals surface area contributed by atoms with Crippen LogP contribution in [0.4, 0.5) is 0 Å². The van der Waals surface area contributed by atoms with E-state index in [4.69, 9.17) is 9.47 Å². The first-order valence-electron chi connectivity index (χ1n) is 24.6. The summed E-state index contributed by atoms with van der Waals surface area (Å²) in [5, 5.41) is 9.45. The maximum Gasteiger partial charge on any atom is 0.308 e. The standard InChI is InChI=1S/C50H94NO5/c1-6-11-15-19-21-25-32-46(31-23-17-13-8-3)48(45-53)55-43-29-35-50(37-40-51(10-5,41-38-50)39-27-28-42-52)36-30-44-56-49(54)47(33-24-18-14-9-4)34-26-22-20-16-12-7-2/h23,31,46-47,52H,6-22,24-30,32-44H2,1-5H3/q+1/b31-23-. The van der Waals surface area contributed by atoms with Crippen LogP contribution < -0.4 is 0 Å². The number of aliphatic hydroxyl groups excluding tert-OH is 1. The number of nitrogens with zero attached hydrogens (tertiary/aromatic N) is 1. The molecule has 1 N–H and O–H groups in total. The molecular formula is C50H94NO5+. The van der Waals surface area contributed by atoms with E-state index >= 15 is 0 Å². The summed E-state index contributed by atoms with van der Waals surface area (Å²) in [6, 6.07) is 0. The van der Waals surface area contributed by atoms with Gasteiger partial charge in [-0.05, 0) is 76.5 Å². The molecule has 6 heteroatoms. The monoisotopic (exact) mass is 789 g/mol. The predicted octanol–water partition coefficient (Wildman–Crippen LogP) is 13.7. The zero-order valence-corrected chi connectivity index (χ0v) is 38.0. The number of hydrogen-bond donors (Lipinski definition) is 1. The minimum atomic E-state index is 0.0202. The minimum absolute atomic E-state index is 0.0202. The van der Waals surface area contributed by atoms with Gasteiger partial charge in [-0.25, -0.2) is 4.79 Å². The van der Waals surface area contributed by atoms with Gasteiger partial charge in [-0.2, -0.15) is 0 Å². The van der Waals surface area contributed by atoms with Crippen molar-refractivity contribution < 1.29 is 28.7 Å². The number of rotatable bonds is 39. The molecule has 1 aliphatic rings. The fourth-order valence-electron chi connectivity index (χ4n) is 9.06. The number of allylic oxidation sites excluding steroid dienone is 2. The van der Waals surface area contributed by atoms with E-state index in [1.54, 1.807) is 0 Å². The predicted molar refractivity (Wildman–Crippen MR) is 238 cm³/mol. The van der Waals surface area contributed by atoms with Crippen LogP contribution in [0.25, 0.3) is 0 Å². The van der Waals surface area contributed by atoms with Gasteiger partial charge in [0.25, 0.3) is 0 Å². The fraction of sp³-hybridized carbons (Fsp3) is 0.900. The number of carbonyl (C=O) groups excluding carboxylic acids is 2. The number of hydrogen-bond acceptors (Lipinski definition) is 5. The summed E-state index contributed by atoms with van der Waals surface area (Å²) in [5.41, 5.74) is 0.199. The quantitative estimate of drug-likeness (QED) is 0.0168. The van der Waals surface area contributed by atoms with Crippen molar-refractivity contribution in [2.75, 3.05) is 46.0 Å². The number of quaternary nitrogens is 1. The van der Waals surface area contributed by atoms with Crippen LogP contribution in [0.1, 0.15) is 227 Å². The van der Waals surface area contributed by atoms with Crippen LogP contribution in [0.15, 0.2) is 17.9 Å². The zero-order valence-electron chi connectivity index (χ0n) is 38.0. The summed E-state index contributed by atoms with van der Waals surface area (Å²) in [6.45, 7) is 17.3. The summed E-state index contributed by atoms with van der Waals surface area (Å²) in [7, 11) is 0. The van der Waals surface area contributed by atoms with Gasteiger partial charge < -0.3 is 19.1 Å². The molecule has 0 amide bonds. The minimum Gasteiger partial charge on any atom is -0.486 e. The Balaban J connectivity index is 2.89. The highest BCUT2D eigenvalue weighted by Crippen LogP contribution is 2.43. The SMILES string of the molecule is CCCC/C=C\C(CCCCCCCC)C(=C=O)OCCCC1(CCCOC(=O)C(CCCCCC)CCCCCCCC)CC[N+](CC)(CCCCO)CC1. The number of esters is 1. The van der Waals surface area contributed by atoms with Crippen molar-refractivity contribution in [1.82, 2.24) is 0 Å². The Morgan fingerprint density at radius 1 is 0.661 bits per heavy atom. The van der Waals surface area contributed by atoms with Gasteiger partial charge in [0.15, 0.2) is 11.7 Å². The van der Waals surface area contributed by atoms with Gasteiger partial charge in [-0.15, -0.1) is 0 Å². The first-order chi connectivity index (χ1) is 27.4. The van der Waals surface area contributed by atoms with Crippen LogP contribution in [0.3, 0.4) is 0 Å². The molecule has 2 unspecified atom stereocenters. The Kier molecular flexibility index (Phi) is 33.1. The van der Waals surface area contributed by atoms with E-state index in [1.807, 2.05) is 0 Å². The molecule has 1 aliphatic heterocycles. The lowest BCUT2D eigenvalue weighted by molar-refractivity contribution is -0.933. The topological polar surface area (TPSA) is 72.8 Å². The van der Waals surface area contributed by atoms with Gasteiger partial charge in [0.05, 0.1) is 45.3 Å². The number of ether oxygens (including phenoxy) is 2. The summed E-state index contributed by atoms with van der Waals surface area (Å²) < 4.78 is 13.5. The maximum atomic E-state index is 13.4. The second kappa shape index (κ2) is 35.3. The second-order valence-corrected chi connectivity index (χ2v) is 17.8. The van der Waals surface area contributed by atoms with Gasteiger partial charge in [0.1, 0.15) is 0 Å². The molecule has 0 aliphatic carbocycles. The largest absolute Gasteiger partial charge is 0.486 e. The average molecular weight is 789 g/mol. The molecule has 0 radical (unpaired) electrons. The molecule has 6 nitrogen and oxygen atoms in total. The molecule has 0 aromatic rings. The lowest BCUT2D eigenvalue weighted by Gasteiger charge is -2.48. The van der Waals surface area contributed by atoms with Crippen molar-refractivity contribution >= 4 is 11.9 Å². The lowest BCUT2D eigenvalue weighted by Crippen LogP contribution is -2.55. The molecular weight excluding hydrogens is 695 g/mol. The van der Waals surface area contributed by atoms with Crippen LogP contribution in [-0.2, 0) is 19.1 Å². The number of unbranched alkanes of at least 4 members (excludes halogenated alkanes) is 16. The van der Waals surface area contributed by atoms with E-state index in [0.29, 0.717) is 19.0 Å². The van der Waals surface area contributed by atoms with Gasteiger partial charge >= 0.3 is 5.97 Å². The highest BCUT2D eigenvalue weighted by Gasteiger charge is 2.41. The molecule has 0 saturated carbocycles. The lowest BCUT2D eigenvalue weighted by atomic mass is 9.71. The van der Waals surface area contributed by atoms with Crippen molar-refractivity contribution in [2.45, 2.75) is 227 Å². The highest BCUT2D eigenvalue weighted by atomic mass is 16.5. The molecule has 0 bridgehead atoms. The third-order valence-electron chi connectivity index (χ3n) is 13.2. The molecule has 328 valence electrons. The van der Waals surface area contributed by atoms with Crippen LogP contribution >= 0.6 is 0 Å². The van der Waals surface area contributed by atoms with E-state index < -0.39 is 0 Å². The summed E-state index contributed by atoms with van der Waals surface area (Å²) in [5.74, 6) is 2.82. The van der Waals surface area contributed by atoms with Crippen molar-refractivity contribution in [2.24, 2.45) is 17.3 Å². The second-order valence-electron chi connectivity index (χ2n) is 17.8. The molecule has 1 saturated heterocycles.